The maximum absolute atomic E-state index is 12.3. The zero-order chi connectivity index (χ0) is 16.6. The van der Waals surface area contributed by atoms with E-state index >= 15 is 0 Å². The van der Waals surface area contributed by atoms with E-state index in [4.69, 9.17) is 14.5 Å². The Labute approximate surface area is 141 Å². The number of thiazole rings is 1. The van der Waals surface area contributed by atoms with Crippen LogP contribution >= 0.6 is 11.3 Å². The Bertz CT molecular complexity index is 558. The van der Waals surface area contributed by atoms with Gasteiger partial charge in [-0.15, -0.1) is 0 Å². The molecule has 0 radical (unpaired) electrons. The zero-order valence-electron chi connectivity index (χ0n) is 14.3. The van der Waals surface area contributed by atoms with Crippen molar-refractivity contribution in [1.82, 2.24) is 9.88 Å². The molecule has 1 amide bonds. The van der Waals surface area contributed by atoms with Crippen molar-refractivity contribution in [2.24, 2.45) is 0 Å². The summed E-state index contributed by atoms with van der Waals surface area (Å²) in [5.41, 5.74) is 0.723. The zero-order valence-corrected chi connectivity index (χ0v) is 15.1. The van der Waals surface area contributed by atoms with E-state index in [-0.39, 0.29) is 12.1 Å². The molecule has 1 fully saturated rings. The third kappa shape index (κ3) is 3.77. The Morgan fingerprint density at radius 2 is 2.17 bits per heavy atom. The number of hydrogen-bond acceptors (Lipinski definition) is 6. The third-order valence-electron chi connectivity index (χ3n) is 4.01. The molecule has 1 aromatic heterocycles. The summed E-state index contributed by atoms with van der Waals surface area (Å²) in [6, 6.07) is 0.107. The number of fused-ring (bicyclic) bond motifs is 1. The first kappa shape index (κ1) is 16.5. The summed E-state index contributed by atoms with van der Waals surface area (Å²) in [7, 11) is 0. The minimum Gasteiger partial charge on any atom is -0.444 e. The Morgan fingerprint density at radius 3 is 2.83 bits per heavy atom. The maximum atomic E-state index is 12.3. The molecule has 23 heavy (non-hydrogen) atoms. The molecule has 0 aliphatic carbocycles. The normalized spacial score (nSPS) is 22.0. The van der Waals surface area contributed by atoms with E-state index in [0.29, 0.717) is 13.2 Å². The first-order valence-electron chi connectivity index (χ1n) is 8.14. The quantitative estimate of drug-likeness (QED) is 0.787. The van der Waals surface area contributed by atoms with Crippen LogP contribution in [0.5, 0.6) is 0 Å². The van der Waals surface area contributed by atoms with Gasteiger partial charge in [0, 0.05) is 32.1 Å². The number of carbonyl (C=O) groups is 1. The van der Waals surface area contributed by atoms with E-state index in [1.54, 1.807) is 11.3 Å². The lowest BCUT2D eigenvalue weighted by atomic mass is 10.2. The van der Waals surface area contributed by atoms with Gasteiger partial charge in [-0.2, -0.15) is 0 Å². The fraction of sp³-hybridized carbons (Fsp3) is 0.750. The Balaban J connectivity index is 1.64. The molecule has 2 aliphatic rings. The fourth-order valence-corrected chi connectivity index (χ4v) is 3.95. The van der Waals surface area contributed by atoms with Crippen molar-refractivity contribution in [1.29, 1.82) is 0 Å². The van der Waals surface area contributed by atoms with E-state index in [2.05, 4.69) is 11.8 Å². The van der Waals surface area contributed by atoms with E-state index in [9.17, 15) is 4.79 Å². The summed E-state index contributed by atoms with van der Waals surface area (Å²) in [4.78, 5) is 22.4. The lowest BCUT2D eigenvalue weighted by Gasteiger charge is -2.40. The average molecular weight is 339 g/mol. The van der Waals surface area contributed by atoms with Crippen LogP contribution in [0.25, 0.3) is 0 Å². The topological polar surface area (TPSA) is 54.9 Å². The molecular formula is C16H25N3O3S. The highest BCUT2D eigenvalue weighted by Gasteiger charge is 2.32. The van der Waals surface area contributed by atoms with Crippen molar-refractivity contribution in [2.75, 3.05) is 31.1 Å². The molecule has 0 spiro atoms. The van der Waals surface area contributed by atoms with Crippen molar-refractivity contribution < 1.29 is 14.3 Å². The van der Waals surface area contributed by atoms with Gasteiger partial charge in [0.1, 0.15) is 5.60 Å². The lowest BCUT2D eigenvalue weighted by Crippen LogP contribution is -2.55. The van der Waals surface area contributed by atoms with Gasteiger partial charge in [0.05, 0.1) is 23.8 Å². The lowest BCUT2D eigenvalue weighted by molar-refractivity contribution is 0.0159. The number of rotatable bonds is 1. The number of piperazine rings is 1. The summed E-state index contributed by atoms with van der Waals surface area (Å²) in [6.45, 7) is 11.4. The number of nitrogens with zero attached hydrogens (tertiary/aromatic N) is 3. The van der Waals surface area contributed by atoms with Gasteiger partial charge in [0.2, 0.25) is 0 Å². The van der Waals surface area contributed by atoms with Gasteiger partial charge in [0.25, 0.3) is 0 Å². The van der Waals surface area contributed by atoms with E-state index in [1.165, 1.54) is 10.6 Å². The Morgan fingerprint density at radius 1 is 1.39 bits per heavy atom. The van der Waals surface area contributed by atoms with E-state index in [1.807, 2.05) is 25.7 Å². The van der Waals surface area contributed by atoms with Crippen LogP contribution in [0.3, 0.4) is 0 Å². The number of amides is 1. The Hall–Kier alpha value is -1.34. The molecule has 0 aromatic carbocycles. The molecule has 0 saturated carbocycles. The molecule has 0 N–H and O–H groups in total. The van der Waals surface area contributed by atoms with Crippen LogP contribution in [0.1, 0.15) is 38.3 Å². The highest BCUT2D eigenvalue weighted by Crippen LogP contribution is 2.31. The average Bonchev–Trinajstić information content (AvgIpc) is 2.89. The minimum absolute atomic E-state index is 0.107. The predicted molar refractivity (Wildman–Crippen MR) is 90.1 cm³/mol. The van der Waals surface area contributed by atoms with Gasteiger partial charge in [-0.05, 0) is 27.7 Å². The van der Waals surface area contributed by atoms with Crippen LogP contribution in [0, 0.1) is 0 Å². The van der Waals surface area contributed by atoms with Gasteiger partial charge < -0.3 is 19.3 Å². The van der Waals surface area contributed by atoms with Gasteiger partial charge in [0.15, 0.2) is 5.13 Å². The summed E-state index contributed by atoms with van der Waals surface area (Å²) < 4.78 is 11.0. The standard InChI is InChI=1S/C16H25N3O3S/c1-11-9-18(6-7-19(11)15(20)22-16(2,3)4)14-17-12-5-8-21-10-13(12)23-14/h11H,5-10H2,1-4H3. The molecule has 1 atom stereocenters. The monoisotopic (exact) mass is 339 g/mol. The van der Waals surface area contributed by atoms with Crippen molar-refractivity contribution in [3.8, 4) is 0 Å². The molecule has 7 heteroatoms. The number of hydrogen-bond donors (Lipinski definition) is 0. The summed E-state index contributed by atoms with van der Waals surface area (Å²) >= 11 is 1.72. The summed E-state index contributed by atoms with van der Waals surface area (Å²) in [5, 5.41) is 1.05. The van der Waals surface area contributed by atoms with Gasteiger partial charge in [-0.25, -0.2) is 9.78 Å². The van der Waals surface area contributed by atoms with Crippen molar-refractivity contribution in [3.63, 3.8) is 0 Å². The van der Waals surface area contributed by atoms with Crippen LogP contribution in [0.2, 0.25) is 0 Å². The molecular weight excluding hydrogens is 314 g/mol. The molecule has 1 saturated heterocycles. The van der Waals surface area contributed by atoms with Crippen LogP contribution in [-0.4, -0.2) is 53.9 Å². The molecule has 1 aromatic rings. The highest BCUT2D eigenvalue weighted by molar-refractivity contribution is 7.15. The second kappa shape index (κ2) is 6.28. The second-order valence-electron chi connectivity index (χ2n) is 7.14. The number of aromatic nitrogens is 1. The van der Waals surface area contributed by atoms with Gasteiger partial charge in [-0.3, -0.25) is 0 Å². The maximum Gasteiger partial charge on any atom is 0.410 e. The largest absolute Gasteiger partial charge is 0.444 e. The molecule has 3 heterocycles. The minimum atomic E-state index is -0.456. The first-order chi connectivity index (χ1) is 10.8. The number of carbonyl (C=O) groups excluding carboxylic acids is 1. The molecule has 3 rings (SSSR count). The van der Waals surface area contributed by atoms with Crippen LogP contribution in [0.4, 0.5) is 9.93 Å². The van der Waals surface area contributed by atoms with Crippen molar-refractivity contribution in [3.05, 3.63) is 10.6 Å². The SMILES string of the molecule is CC1CN(c2nc3c(s2)COCC3)CCN1C(=O)OC(C)(C)C. The third-order valence-corrected chi connectivity index (χ3v) is 5.14. The van der Waals surface area contributed by atoms with E-state index in [0.717, 1.165) is 31.2 Å². The molecule has 2 aliphatic heterocycles. The predicted octanol–water partition coefficient (Wildman–Crippen LogP) is 2.66. The van der Waals surface area contributed by atoms with Crippen LogP contribution in [0.15, 0.2) is 0 Å². The van der Waals surface area contributed by atoms with Crippen molar-refractivity contribution >= 4 is 22.6 Å². The highest BCUT2D eigenvalue weighted by atomic mass is 32.1. The summed E-state index contributed by atoms with van der Waals surface area (Å²) in [5.74, 6) is 0. The number of anilines is 1. The smallest absolute Gasteiger partial charge is 0.410 e. The fourth-order valence-electron chi connectivity index (χ4n) is 2.87. The summed E-state index contributed by atoms with van der Waals surface area (Å²) in [6.07, 6.45) is 0.677. The molecule has 6 nitrogen and oxygen atoms in total. The van der Waals surface area contributed by atoms with Crippen molar-refractivity contribution in [2.45, 2.75) is 52.4 Å². The first-order valence-corrected chi connectivity index (χ1v) is 8.96. The second-order valence-corrected chi connectivity index (χ2v) is 8.20. The molecule has 128 valence electrons. The van der Waals surface area contributed by atoms with Gasteiger partial charge >= 0.3 is 6.09 Å². The van der Waals surface area contributed by atoms with Gasteiger partial charge in [-0.1, -0.05) is 11.3 Å². The molecule has 1 unspecified atom stereocenters. The molecule has 0 bridgehead atoms. The Kier molecular flexibility index (Phi) is 4.51. The van der Waals surface area contributed by atoms with E-state index < -0.39 is 5.60 Å². The van der Waals surface area contributed by atoms with Crippen LogP contribution in [-0.2, 0) is 22.5 Å². The number of ether oxygens (including phenoxy) is 2. The van der Waals surface area contributed by atoms with Crippen LogP contribution < -0.4 is 4.90 Å².